The Hall–Kier alpha value is -5.11. The summed E-state index contributed by atoms with van der Waals surface area (Å²) in [6, 6.07) is 8.22. The molecule has 2 aromatic carbocycles. The number of anilines is 4. The van der Waals surface area contributed by atoms with Crippen LogP contribution in [0.15, 0.2) is 48.8 Å². The molecule has 0 fully saturated rings. The van der Waals surface area contributed by atoms with Gasteiger partial charge in [-0.1, -0.05) is 0 Å². The van der Waals surface area contributed by atoms with E-state index in [2.05, 4.69) is 35.7 Å². The van der Waals surface area contributed by atoms with Crippen LogP contribution in [0.5, 0.6) is 11.5 Å². The first-order chi connectivity index (χ1) is 17.6. The number of rotatable bonds is 8. The Kier molecular flexibility index (Phi) is 8.27. The molecule has 0 bridgehead atoms. The highest BCUT2D eigenvalue weighted by Crippen LogP contribution is 2.28. The minimum atomic E-state index is -0.763. The Morgan fingerprint density at radius 3 is 1.59 bits per heavy atom. The van der Waals surface area contributed by atoms with Crippen LogP contribution < -0.4 is 26.3 Å². The van der Waals surface area contributed by atoms with E-state index in [-0.39, 0.29) is 51.8 Å². The molecule has 0 aromatic heterocycles. The van der Waals surface area contributed by atoms with Crippen LogP contribution in [0.25, 0.3) is 0 Å². The van der Waals surface area contributed by atoms with E-state index in [1.54, 1.807) is 6.20 Å². The zero-order valence-electron chi connectivity index (χ0n) is 19.8. The lowest BCUT2D eigenvalue weighted by Crippen LogP contribution is -2.50. The van der Waals surface area contributed by atoms with Gasteiger partial charge in [0, 0.05) is 23.5 Å². The Bertz CT molecular complexity index is 1180. The van der Waals surface area contributed by atoms with Crippen molar-refractivity contribution in [2.24, 2.45) is 0 Å². The SMILES string of the molecule is COC(=O)Nc1ccc(NC(=O)C[N+]2(CC(=O)Nc3ccc(NC(=O)OC)c(O)c3)C=C[N+]=C2)cc1O. The number of benzene rings is 2. The van der Waals surface area contributed by atoms with Crippen molar-refractivity contribution >= 4 is 53.1 Å². The summed E-state index contributed by atoms with van der Waals surface area (Å²) in [5, 5.41) is 30.1. The summed E-state index contributed by atoms with van der Waals surface area (Å²) >= 11 is 0. The highest BCUT2D eigenvalue weighted by molar-refractivity contribution is 5.96. The normalized spacial score (nSPS) is 12.9. The number of nitrogens with zero attached hydrogens (tertiary/aromatic N) is 2. The molecule has 4 amide bonds. The number of hydrogen-bond acceptors (Lipinski definition) is 9. The quantitative estimate of drug-likeness (QED) is 0.227. The van der Waals surface area contributed by atoms with E-state index in [9.17, 15) is 29.4 Å². The molecule has 0 aliphatic carbocycles. The van der Waals surface area contributed by atoms with Crippen LogP contribution in [-0.2, 0) is 19.1 Å². The average Bonchev–Trinajstić information content (AvgIpc) is 3.29. The second-order valence-electron chi connectivity index (χ2n) is 7.78. The minimum Gasteiger partial charge on any atom is -0.506 e. The van der Waals surface area contributed by atoms with Crippen LogP contribution in [0, 0.1) is 0 Å². The topological polar surface area (TPSA) is 189 Å². The molecule has 6 N–H and O–H groups in total. The number of quaternary nitrogens is 1. The van der Waals surface area contributed by atoms with E-state index < -0.39 is 24.0 Å². The number of carbonyl (C=O) groups is 4. The van der Waals surface area contributed by atoms with Gasteiger partial charge in [0.05, 0.1) is 25.6 Å². The maximum Gasteiger partial charge on any atom is 0.411 e. The Morgan fingerprint density at radius 1 is 0.784 bits per heavy atom. The fourth-order valence-corrected chi connectivity index (χ4v) is 3.31. The number of phenols is 2. The average molecular weight is 513 g/mol. The molecule has 0 saturated heterocycles. The largest absolute Gasteiger partial charge is 0.506 e. The van der Waals surface area contributed by atoms with Crippen LogP contribution >= 0.6 is 0 Å². The van der Waals surface area contributed by atoms with Gasteiger partial charge in [0.2, 0.25) is 0 Å². The molecule has 2 aromatic rings. The third-order valence-electron chi connectivity index (χ3n) is 5.03. The molecule has 14 heteroatoms. The van der Waals surface area contributed by atoms with Crippen LogP contribution in [-0.4, -0.2) is 72.3 Å². The fraction of sp³-hybridized carbons (Fsp3) is 0.174. The predicted octanol–water partition coefficient (Wildman–Crippen LogP) is 1.70. The summed E-state index contributed by atoms with van der Waals surface area (Å²) < 4.78 is 8.72. The van der Waals surface area contributed by atoms with Gasteiger partial charge in [-0.2, -0.15) is 4.48 Å². The van der Waals surface area contributed by atoms with Crippen molar-refractivity contribution in [1.29, 1.82) is 0 Å². The van der Waals surface area contributed by atoms with E-state index in [4.69, 9.17) is 0 Å². The molecular formula is C23H25N6O8+2. The van der Waals surface area contributed by atoms with Gasteiger partial charge in [-0.15, -0.1) is 0 Å². The molecular weight excluding hydrogens is 488 g/mol. The van der Waals surface area contributed by atoms with Crippen LogP contribution in [0.2, 0.25) is 0 Å². The standard InChI is InChI=1S/C23H24N6O8/c1-36-22(34)27-16-5-3-14(9-18(16)30)25-20(32)11-29(8-7-24-13-29)12-21(33)26-15-4-6-17(19(31)10-15)28-23(35)37-2/h3-10,13H,11-12H2,1-2H3,(H5-,25,26,27,28,30,31,32,33,34,35)/q+1/p+1. The van der Waals surface area contributed by atoms with Gasteiger partial charge < -0.3 is 30.3 Å². The van der Waals surface area contributed by atoms with Crippen molar-refractivity contribution in [2.75, 3.05) is 48.6 Å². The van der Waals surface area contributed by atoms with E-state index >= 15 is 0 Å². The highest BCUT2D eigenvalue weighted by Gasteiger charge is 2.38. The third-order valence-corrected chi connectivity index (χ3v) is 5.03. The van der Waals surface area contributed by atoms with Gasteiger partial charge in [0.25, 0.3) is 11.8 Å². The van der Waals surface area contributed by atoms with Crippen molar-refractivity contribution in [3.05, 3.63) is 48.8 Å². The molecule has 0 spiro atoms. The first-order valence-corrected chi connectivity index (χ1v) is 10.7. The lowest BCUT2D eigenvalue weighted by molar-refractivity contribution is -0.760. The van der Waals surface area contributed by atoms with E-state index in [0.717, 1.165) is 0 Å². The van der Waals surface area contributed by atoms with Crippen LogP contribution in [0.1, 0.15) is 0 Å². The summed E-state index contributed by atoms with van der Waals surface area (Å²) in [6.45, 7) is -0.382. The summed E-state index contributed by atoms with van der Waals surface area (Å²) in [7, 11) is 2.36. The molecule has 1 radical (unpaired) electrons. The molecule has 3 rings (SSSR count). The zero-order chi connectivity index (χ0) is 27.0. The molecule has 1 aliphatic rings. The number of carbonyl (C=O) groups excluding carboxylic acids is 4. The second kappa shape index (κ2) is 11.5. The van der Waals surface area contributed by atoms with Crippen molar-refractivity contribution in [1.82, 2.24) is 4.99 Å². The molecule has 1 heterocycles. The van der Waals surface area contributed by atoms with Crippen LogP contribution in [0.3, 0.4) is 0 Å². The predicted molar refractivity (Wildman–Crippen MR) is 133 cm³/mol. The van der Waals surface area contributed by atoms with Crippen molar-refractivity contribution in [3.8, 4) is 11.5 Å². The summed E-state index contributed by atoms with van der Waals surface area (Å²) in [6.07, 6.45) is 2.93. The van der Waals surface area contributed by atoms with Crippen molar-refractivity contribution < 1.29 is 43.3 Å². The monoisotopic (exact) mass is 513 g/mol. The van der Waals surface area contributed by atoms with Gasteiger partial charge in [0.15, 0.2) is 19.3 Å². The van der Waals surface area contributed by atoms with Gasteiger partial charge in [-0.3, -0.25) is 20.2 Å². The van der Waals surface area contributed by atoms with E-state index in [1.165, 1.54) is 63.2 Å². The molecule has 0 atom stereocenters. The minimum absolute atomic E-state index is 0.0970. The fourth-order valence-electron chi connectivity index (χ4n) is 3.31. The maximum absolute atomic E-state index is 12.7. The van der Waals surface area contributed by atoms with Gasteiger partial charge in [-0.25, -0.2) is 9.59 Å². The van der Waals surface area contributed by atoms with E-state index in [1.807, 2.05) is 0 Å². The summed E-state index contributed by atoms with van der Waals surface area (Å²) in [5.41, 5.74) is 0.716. The molecule has 193 valence electrons. The summed E-state index contributed by atoms with van der Waals surface area (Å²) in [5.74, 6) is -1.53. The Balaban J connectivity index is 1.62. The molecule has 0 unspecified atom stereocenters. The lowest BCUT2D eigenvalue weighted by atomic mass is 10.2. The smallest absolute Gasteiger partial charge is 0.411 e. The number of aliphatic imine (C=N–C) groups is 1. The highest BCUT2D eigenvalue weighted by atomic mass is 16.5. The molecule has 37 heavy (non-hydrogen) atoms. The first-order valence-electron chi connectivity index (χ1n) is 10.7. The molecule has 14 nitrogen and oxygen atoms in total. The number of aromatic hydroxyl groups is 2. The Labute approximate surface area is 210 Å². The van der Waals surface area contributed by atoms with E-state index in [0.29, 0.717) is 0 Å². The zero-order valence-corrected chi connectivity index (χ0v) is 19.8. The Morgan fingerprint density at radius 2 is 1.24 bits per heavy atom. The maximum atomic E-state index is 12.7. The molecule has 0 saturated carbocycles. The number of phenolic OH excluding ortho intramolecular Hbond substituents is 2. The van der Waals surface area contributed by atoms with Gasteiger partial charge in [0.1, 0.15) is 16.5 Å². The van der Waals surface area contributed by atoms with Crippen LogP contribution in [0.4, 0.5) is 32.3 Å². The lowest BCUT2D eigenvalue weighted by Gasteiger charge is -2.22. The number of amides is 4. The number of hydrogen-bond donors (Lipinski definition) is 6. The van der Waals surface area contributed by atoms with Gasteiger partial charge in [-0.05, 0) is 24.3 Å². The van der Waals surface area contributed by atoms with Crippen molar-refractivity contribution in [2.45, 2.75) is 0 Å². The number of ether oxygens (including phenoxy) is 2. The number of nitrogens with one attached hydrogen (secondary N) is 4. The molecule has 1 aliphatic heterocycles. The number of methoxy groups -OCH3 is 2. The van der Waals surface area contributed by atoms with Crippen molar-refractivity contribution in [3.63, 3.8) is 0 Å². The third kappa shape index (κ3) is 7.19. The first kappa shape index (κ1) is 26.5. The summed E-state index contributed by atoms with van der Waals surface area (Å²) in [4.78, 5) is 52.1. The second-order valence-corrected chi connectivity index (χ2v) is 7.78. The van der Waals surface area contributed by atoms with Gasteiger partial charge >= 0.3 is 24.7 Å².